The molecule has 0 saturated heterocycles. The smallest absolute Gasteiger partial charge is 0.106 e. The largest absolute Gasteiger partial charge is 0.315 e. The van der Waals surface area contributed by atoms with Gasteiger partial charge in [-0.1, -0.05) is 206 Å². The second kappa shape index (κ2) is 15.9. The number of hydrogen-bond donors (Lipinski definition) is 0. The van der Waals surface area contributed by atoms with Crippen LogP contribution in [-0.2, 0) is 19.6 Å². The van der Waals surface area contributed by atoms with Gasteiger partial charge in [0.2, 0.25) is 0 Å². The van der Waals surface area contributed by atoms with Crippen LogP contribution in [0.2, 0.25) is 0 Å². The van der Waals surface area contributed by atoms with E-state index in [1.807, 2.05) is 0 Å². The molecule has 1 aliphatic heterocycles. The van der Waals surface area contributed by atoms with Gasteiger partial charge in [-0.15, -0.1) is 0 Å². The monoisotopic (exact) mass is 836 g/mol. The number of hydrogen-bond acceptors (Lipinski definition) is 0. The average Bonchev–Trinajstić information content (AvgIpc) is 3.48. The van der Waals surface area contributed by atoms with Crippen LogP contribution >= 0.6 is 7.92 Å². The summed E-state index contributed by atoms with van der Waals surface area (Å²) >= 11 is 0. The molecule has 0 fully saturated rings. The molecule has 11 aromatic rings. The molecule has 1 aliphatic rings. The van der Waals surface area contributed by atoms with Crippen molar-refractivity contribution < 1.29 is 4.48 Å². The second-order valence-corrected chi connectivity index (χ2v) is 20.0. The molecule has 1 heterocycles. The van der Waals surface area contributed by atoms with Crippen LogP contribution in [0, 0.1) is 0 Å². The molecular formula is C62H47NP+. The summed E-state index contributed by atoms with van der Waals surface area (Å²) in [5, 5.41) is 14.4. The molecule has 0 amide bonds. The molecule has 0 N–H and O–H groups in total. The van der Waals surface area contributed by atoms with Crippen molar-refractivity contribution in [2.24, 2.45) is 0 Å². The second-order valence-electron chi connectivity index (χ2n) is 17.9. The number of fused-ring (bicyclic) bond motifs is 9. The van der Waals surface area contributed by atoms with E-state index in [9.17, 15) is 0 Å². The molecule has 0 saturated carbocycles. The standard InChI is InChI=1S/C62H47NP/c1-63(40-51-24-14-17-31-60(51)64(52-25-4-2-5-26-52)53-27-6-3-7-28-53)41-58-56(49-34-32-43-18-8-10-20-45(43)36-49)38-47-22-12-15-29-54(47)61(58)62-55-30-16-13-23-48(55)39-57(59(62)42-63)50-35-33-44-19-9-11-21-46(44)37-50/h2-39H,40-42H2,1H3/q+1. The third-order valence-electron chi connectivity index (χ3n) is 13.6. The highest BCUT2D eigenvalue weighted by Crippen LogP contribution is 2.50. The molecular weight excluding hydrogens is 790 g/mol. The fourth-order valence-corrected chi connectivity index (χ4v) is 13.2. The number of nitrogens with zero attached hydrogens (tertiary/aromatic N) is 1. The molecule has 0 bridgehead atoms. The summed E-state index contributed by atoms with van der Waals surface area (Å²) < 4.78 is 0.807. The van der Waals surface area contributed by atoms with E-state index in [0.717, 1.165) is 24.1 Å². The highest BCUT2D eigenvalue weighted by Gasteiger charge is 2.37. The molecule has 1 nitrogen and oxygen atoms in total. The summed E-state index contributed by atoms with van der Waals surface area (Å²) in [6.45, 7) is 2.61. The van der Waals surface area contributed by atoms with E-state index in [2.05, 4.69) is 238 Å². The lowest BCUT2D eigenvalue weighted by molar-refractivity contribution is -0.947. The van der Waals surface area contributed by atoms with Gasteiger partial charge >= 0.3 is 0 Å². The average molecular weight is 837 g/mol. The van der Waals surface area contributed by atoms with E-state index < -0.39 is 7.92 Å². The van der Waals surface area contributed by atoms with Crippen LogP contribution < -0.4 is 15.9 Å². The molecule has 0 unspecified atom stereocenters. The lowest BCUT2D eigenvalue weighted by Gasteiger charge is -2.36. The van der Waals surface area contributed by atoms with Gasteiger partial charge in [-0.05, 0) is 113 Å². The Kier molecular flexibility index (Phi) is 9.56. The van der Waals surface area contributed by atoms with E-state index in [0.29, 0.717) is 0 Å². The van der Waals surface area contributed by atoms with Crippen molar-refractivity contribution in [1.29, 1.82) is 0 Å². The van der Waals surface area contributed by atoms with Gasteiger partial charge in [0.25, 0.3) is 0 Å². The van der Waals surface area contributed by atoms with Gasteiger partial charge < -0.3 is 4.48 Å². The fourth-order valence-electron chi connectivity index (χ4n) is 10.7. The maximum absolute atomic E-state index is 2.53. The Labute approximate surface area is 376 Å². The van der Waals surface area contributed by atoms with Crippen molar-refractivity contribution in [2.45, 2.75) is 19.6 Å². The van der Waals surface area contributed by atoms with Gasteiger partial charge in [0.15, 0.2) is 0 Å². The Morgan fingerprint density at radius 2 is 0.781 bits per heavy atom. The van der Waals surface area contributed by atoms with Gasteiger partial charge in [-0.3, -0.25) is 0 Å². The summed E-state index contributed by atoms with van der Waals surface area (Å²) in [6.07, 6.45) is 0. The van der Waals surface area contributed by atoms with Gasteiger partial charge in [0.05, 0.1) is 7.05 Å². The number of quaternary nitrogens is 1. The fraction of sp³-hybridized carbons (Fsp3) is 0.0645. The minimum Gasteiger partial charge on any atom is -0.315 e. The molecule has 0 aliphatic carbocycles. The van der Waals surface area contributed by atoms with Crippen molar-refractivity contribution in [3.8, 4) is 33.4 Å². The maximum atomic E-state index is 2.53. The van der Waals surface area contributed by atoms with Crippen LogP contribution in [-0.4, -0.2) is 11.5 Å². The van der Waals surface area contributed by atoms with Crippen molar-refractivity contribution in [2.75, 3.05) is 7.05 Å². The third-order valence-corrected chi connectivity index (χ3v) is 16.1. The van der Waals surface area contributed by atoms with E-state index in [4.69, 9.17) is 0 Å². The summed E-state index contributed by atoms with van der Waals surface area (Å²) in [5.41, 5.74) is 12.2. The van der Waals surface area contributed by atoms with E-state index >= 15 is 0 Å². The normalized spacial score (nSPS) is 13.3. The van der Waals surface area contributed by atoms with Crippen LogP contribution in [0.25, 0.3) is 76.5 Å². The van der Waals surface area contributed by atoms with Gasteiger partial charge in [-0.25, -0.2) is 0 Å². The lowest BCUT2D eigenvalue weighted by atomic mass is 9.82. The van der Waals surface area contributed by atoms with E-state index in [1.54, 1.807) is 0 Å². The number of rotatable bonds is 7. The van der Waals surface area contributed by atoms with Gasteiger partial charge in [0.1, 0.15) is 19.6 Å². The third kappa shape index (κ3) is 6.81. The highest BCUT2D eigenvalue weighted by atomic mass is 31.1. The van der Waals surface area contributed by atoms with Crippen LogP contribution in [0.5, 0.6) is 0 Å². The van der Waals surface area contributed by atoms with Gasteiger partial charge in [0, 0.05) is 27.8 Å². The first-order chi connectivity index (χ1) is 31.6. The summed E-state index contributed by atoms with van der Waals surface area (Å²) in [4.78, 5) is 0. The predicted octanol–water partition coefficient (Wildman–Crippen LogP) is 14.7. The Morgan fingerprint density at radius 3 is 1.28 bits per heavy atom. The molecule has 0 aromatic heterocycles. The zero-order chi connectivity index (χ0) is 42.6. The summed E-state index contributed by atoms with van der Waals surface area (Å²) in [5.74, 6) is 0. The quantitative estimate of drug-likeness (QED) is 0.111. The Balaban J connectivity index is 1.15. The maximum Gasteiger partial charge on any atom is 0.106 e. The molecule has 0 atom stereocenters. The SMILES string of the molecule is C[N+]1(Cc2ccccc2P(c2ccccc2)c2ccccc2)Cc2c(-c3ccc4ccccc4c3)cc3ccccc3c2-c2c(c(-c3ccc4ccccc4c3)cc3ccccc23)C1. The molecule has 304 valence electrons. The van der Waals surface area contributed by atoms with E-state index in [-0.39, 0.29) is 0 Å². The van der Waals surface area contributed by atoms with Crippen molar-refractivity contribution in [3.05, 3.63) is 247 Å². The zero-order valence-electron chi connectivity index (χ0n) is 36.0. The topological polar surface area (TPSA) is 0 Å². The van der Waals surface area contributed by atoms with Crippen LogP contribution in [0.15, 0.2) is 231 Å². The molecule has 0 spiro atoms. The van der Waals surface area contributed by atoms with E-state index in [1.165, 1.54) is 109 Å². The van der Waals surface area contributed by atoms with Crippen LogP contribution in [0.4, 0.5) is 0 Å². The van der Waals surface area contributed by atoms with Crippen LogP contribution in [0.1, 0.15) is 16.7 Å². The minimum absolute atomic E-state index is 0.804. The van der Waals surface area contributed by atoms with Crippen molar-refractivity contribution in [1.82, 2.24) is 0 Å². The molecule has 2 heteroatoms. The molecule has 12 rings (SSSR count). The first-order valence-corrected chi connectivity index (χ1v) is 23.8. The molecule has 0 radical (unpaired) electrons. The Bertz CT molecular complexity index is 3340. The zero-order valence-corrected chi connectivity index (χ0v) is 36.8. The first-order valence-electron chi connectivity index (χ1n) is 22.5. The first kappa shape index (κ1) is 38.5. The molecule has 64 heavy (non-hydrogen) atoms. The lowest BCUT2D eigenvalue weighted by Crippen LogP contribution is -2.42. The highest BCUT2D eigenvalue weighted by molar-refractivity contribution is 7.79. The summed E-state index contributed by atoms with van der Waals surface area (Å²) in [7, 11) is 1.73. The predicted molar refractivity (Wildman–Crippen MR) is 275 cm³/mol. The molecule has 11 aromatic carbocycles. The van der Waals surface area contributed by atoms with Gasteiger partial charge in [-0.2, -0.15) is 0 Å². The number of benzene rings is 11. The van der Waals surface area contributed by atoms with Crippen molar-refractivity contribution in [3.63, 3.8) is 0 Å². The minimum atomic E-state index is -0.804. The summed E-state index contributed by atoms with van der Waals surface area (Å²) in [6, 6.07) is 86.7. The Hall–Kier alpha value is -7.15. The van der Waals surface area contributed by atoms with Crippen LogP contribution in [0.3, 0.4) is 0 Å². The Morgan fingerprint density at radius 1 is 0.375 bits per heavy atom. The van der Waals surface area contributed by atoms with Crippen molar-refractivity contribution >= 4 is 66.9 Å².